The van der Waals surface area contributed by atoms with E-state index in [0.717, 1.165) is 18.5 Å². The molecular formula is C16H16FN3O3. The number of amides is 1. The second-order valence-corrected chi connectivity index (χ2v) is 5.66. The number of H-pyrrole nitrogens is 1. The molecule has 2 aromatic rings. The zero-order valence-corrected chi connectivity index (χ0v) is 12.3. The van der Waals surface area contributed by atoms with Crippen LogP contribution in [0.3, 0.4) is 0 Å². The van der Waals surface area contributed by atoms with Crippen molar-refractivity contribution >= 4 is 11.9 Å². The molecule has 1 atom stereocenters. The summed E-state index contributed by atoms with van der Waals surface area (Å²) in [7, 11) is 0. The standard InChI is InChI=1S/C16H16FN3O3/c17-11-5-3-9(4-6-11)12(8-15(21)22)18-16(23)14-7-13(19-20-14)10-1-2-10/h3-7,10,12H,1-2,8H2,(H,18,23)(H,19,20)(H,21,22). The molecule has 1 aliphatic rings. The van der Waals surface area contributed by atoms with Crippen LogP contribution in [0.4, 0.5) is 4.39 Å². The molecule has 1 fully saturated rings. The molecule has 120 valence electrons. The highest BCUT2D eigenvalue weighted by atomic mass is 19.1. The fourth-order valence-electron chi connectivity index (χ4n) is 2.41. The van der Waals surface area contributed by atoms with Crippen LogP contribution in [0.2, 0.25) is 0 Å². The van der Waals surface area contributed by atoms with Gasteiger partial charge in [0.15, 0.2) is 0 Å². The minimum atomic E-state index is -1.06. The van der Waals surface area contributed by atoms with Gasteiger partial charge < -0.3 is 10.4 Å². The van der Waals surface area contributed by atoms with Gasteiger partial charge in [-0.2, -0.15) is 5.10 Å². The first-order valence-electron chi connectivity index (χ1n) is 7.36. The fraction of sp³-hybridized carbons (Fsp3) is 0.312. The Morgan fingerprint density at radius 3 is 2.65 bits per heavy atom. The zero-order chi connectivity index (χ0) is 16.4. The molecule has 1 amide bonds. The van der Waals surface area contributed by atoms with Crippen LogP contribution >= 0.6 is 0 Å². The number of nitrogens with zero attached hydrogens (tertiary/aromatic N) is 1. The topological polar surface area (TPSA) is 95.1 Å². The molecule has 1 aliphatic carbocycles. The number of carbonyl (C=O) groups is 2. The molecule has 3 rings (SSSR count). The van der Waals surface area contributed by atoms with Gasteiger partial charge in [0.25, 0.3) is 5.91 Å². The number of carboxylic acid groups (broad SMARTS) is 1. The number of aromatic nitrogens is 2. The minimum Gasteiger partial charge on any atom is -0.481 e. The number of aromatic amines is 1. The van der Waals surface area contributed by atoms with Crippen LogP contribution in [0.5, 0.6) is 0 Å². The summed E-state index contributed by atoms with van der Waals surface area (Å²) < 4.78 is 13.0. The monoisotopic (exact) mass is 317 g/mol. The van der Waals surface area contributed by atoms with Gasteiger partial charge in [0.2, 0.25) is 0 Å². The molecule has 3 N–H and O–H groups in total. The van der Waals surface area contributed by atoms with Crippen molar-refractivity contribution in [3.05, 3.63) is 53.1 Å². The van der Waals surface area contributed by atoms with Gasteiger partial charge in [-0.15, -0.1) is 0 Å². The maximum atomic E-state index is 13.0. The van der Waals surface area contributed by atoms with Crippen LogP contribution in [0, 0.1) is 5.82 Å². The third-order valence-corrected chi connectivity index (χ3v) is 3.80. The quantitative estimate of drug-likeness (QED) is 0.762. The molecule has 1 aromatic carbocycles. The predicted molar refractivity (Wildman–Crippen MR) is 79.4 cm³/mol. The largest absolute Gasteiger partial charge is 0.481 e. The van der Waals surface area contributed by atoms with Crippen LogP contribution in [-0.4, -0.2) is 27.2 Å². The lowest BCUT2D eigenvalue weighted by molar-refractivity contribution is -0.137. The normalized spacial score (nSPS) is 15.2. The summed E-state index contributed by atoms with van der Waals surface area (Å²) in [5.41, 5.74) is 1.68. The molecule has 0 spiro atoms. The summed E-state index contributed by atoms with van der Waals surface area (Å²) in [6, 6.07) is 6.33. The van der Waals surface area contributed by atoms with Crippen molar-refractivity contribution in [3.8, 4) is 0 Å². The van der Waals surface area contributed by atoms with E-state index in [-0.39, 0.29) is 12.1 Å². The number of carboxylic acids is 1. The van der Waals surface area contributed by atoms with Crippen molar-refractivity contribution in [1.82, 2.24) is 15.5 Å². The molecule has 1 heterocycles. The van der Waals surface area contributed by atoms with Crippen LogP contribution < -0.4 is 5.32 Å². The highest BCUT2D eigenvalue weighted by molar-refractivity contribution is 5.93. The molecule has 1 saturated carbocycles. The van der Waals surface area contributed by atoms with Crippen LogP contribution in [0.15, 0.2) is 30.3 Å². The van der Waals surface area contributed by atoms with Gasteiger partial charge in [-0.05, 0) is 36.6 Å². The van der Waals surface area contributed by atoms with Gasteiger partial charge in [-0.25, -0.2) is 4.39 Å². The van der Waals surface area contributed by atoms with Gasteiger partial charge >= 0.3 is 5.97 Å². The first-order chi connectivity index (χ1) is 11.0. The highest BCUT2D eigenvalue weighted by Crippen LogP contribution is 2.39. The minimum absolute atomic E-state index is 0.226. The number of aliphatic carboxylic acids is 1. The summed E-state index contributed by atoms with van der Waals surface area (Å²) in [4.78, 5) is 23.3. The van der Waals surface area contributed by atoms with E-state index in [9.17, 15) is 14.0 Å². The Hall–Kier alpha value is -2.70. The smallest absolute Gasteiger partial charge is 0.305 e. The molecule has 0 bridgehead atoms. The summed E-state index contributed by atoms with van der Waals surface area (Å²) in [6.07, 6.45) is 1.87. The summed E-state index contributed by atoms with van der Waals surface area (Å²) >= 11 is 0. The van der Waals surface area contributed by atoms with E-state index in [4.69, 9.17) is 5.11 Å². The Labute approximate surface area is 131 Å². The van der Waals surface area contributed by atoms with Crippen molar-refractivity contribution in [1.29, 1.82) is 0 Å². The molecule has 1 unspecified atom stereocenters. The van der Waals surface area contributed by atoms with Crippen molar-refractivity contribution in [2.75, 3.05) is 0 Å². The van der Waals surface area contributed by atoms with E-state index in [0.29, 0.717) is 11.5 Å². The maximum absolute atomic E-state index is 13.0. The molecule has 6 nitrogen and oxygen atoms in total. The molecule has 0 saturated heterocycles. The van der Waals surface area contributed by atoms with Crippen molar-refractivity contribution < 1.29 is 19.1 Å². The number of benzene rings is 1. The number of rotatable bonds is 6. The van der Waals surface area contributed by atoms with Crippen molar-refractivity contribution in [2.24, 2.45) is 0 Å². The lowest BCUT2D eigenvalue weighted by Gasteiger charge is -2.16. The number of nitrogens with one attached hydrogen (secondary N) is 2. The Balaban J connectivity index is 1.74. The Morgan fingerprint density at radius 2 is 2.04 bits per heavy atom. The molecular weight excluding hydrogens is 301 g/mol. The van der Waals surface area contributed by atoms with E-state index in [1.165, 1.54) is 24.3 Å². The lowest BCUT2D eigenvalue weighted by atomic mass is 10.0. The van der Waals surface area contributed by atoms with Crippen molar-refractivity contribution in [2.45, 2.75) is 31.2 Å². The number of carbonyl (C=O) groups excluding carboxylic acids is 1. The second-order valence-electron chi connectivity index (χ2n) is 5.66. The zero-order valence-electron chi connectivity index (χ0n) is 12.3. The molecule has 23 heavy (non-hydrogen) atoms. The summed E-state index contributed by atoms with van der Waals surface area (Å²) in [5.74, 6) is -1.49. The average Bonchev–Trinajstić information content (AvgIpc) is 3.24. The van der Waals surface area contributed by atoms with E-state index in [1.54, 1.807) is 6.07 Å². The molecule has 0 radical (unpaired) electrons. The molecule has 0 aliphatic heterocycles. The van der Waals surface area contributed by atoms with Gasteiger partial charge in [0.1, 0.15) is 11.5 Å². The van der Waals surface area contributed by atoms with Gasteiger partial charge in [-0.3, -0.25) is 14.7 Å². The first-order valence-corrected chi connectivity index (χ1v) is 7.36. The van der Waals surface area contributed by atoms with Gasteiger partial charge in [0, 0.05) is 11.6 Å². The number of halogens is 1. The van der Waals surface area contributed by atoms with E-state index >= 15 is 0 Å². The highest BCUT2D eigenvalue weighted by Gasteiger charge is 2.27. The van der Waals surface area contributed by atoms with E-state index < -0.39 is 23.7 Å². The Morgan fingerprint density at radius 1 is 1.35 bits per heavy atom. The predicted octanol–water partition coefficient (Wildman–Crippen LogP) is 2.37. The molecule has 7 heteroatoms. The first kappa shape index (κ1) is 15.2. The van der Waals surface area contributed by atoms with Crippen LogP contribution in [0.25, 0.3) is 0 Å². The van der Waals surface area contributed by atoms with E-state index in [2.05, 4.69) is 15.5 Å². The number of hydrogen-bond acceptors (Lipinski definition) is 3. The molecule has 1 aromatic heterocycles. The second kappa shape index (κ2) is 6.20. The average molecular weight is 317 g/mol. The van der Waals surface area contributed by atoms with E-state index in [1.807, 2.05) is 0 Å². The summed E-state index contributed by atoms with van der Waals surface area (Å²) in [5, 5.41) is 18.5. The van der Waals surface area contributed by atoms with Crippen molar-refractivity contribution in [3.63, 3.8) is 0 Å². The third-order valence-electron chi connectivity index (χ3n) is 3.80. The maximum Gasteiger partial charge on any atom is 0.305 e. The van der Waals surface area contributed by atoms with Crippen LogP contribution in [-0.2, 0) is 4.79 Å². The fourth-order valence-corrected chi connectivity index (χ4v) is 2.41. The van der Waals surface area contributed by atoms with Gasteiger partial charge in [0.05, 0.1) is 12.5 Å². The Bertz CT molecular complexity index is 722. The lowest BCUT2D eigenvalue weighted by Crippen LogP contribution is -2.30. The number of hydrogen-bond donors (Lipinski definition) is 3. The Kier molecular flexibility index (Phi) is 4.10. The SMILES string of the molecule is O=C(O)CC(NC(=O)c1cc(C2CC2)[nH]n1)c1ccc(F)cc1. The van der Waals surface area contributed by atoms with Gasteiger partial charge in [-0.1, -0.05) is 12.1 Å². The van der Waals surface area contributed by atoms with Crippen LogP contribution in [0.1, 0.15) is 53.0 Å². The summed E-state index contributed by atoms with van der Waals surface area (Å²) in [6.45, 7) is 0. The third kappa shape index (κ3) is 3.74.